The van der Waals surface area contributed by atoms with E-state index in [2.05, 4.69) is 6.58 Å². The Morgan fingerprint density at radius 2 is 2.06 bits per heavy atom. The molecule has 1 fully saturated rings. The number of rotatable bonds is 5. The van der Waals surface area contributed by atoms with Gasteiger partial charge in [0.05, 0.1) is 0 Å². The van der Waals surface area contributed by atoms with Crippen LogP contribution in [-0.4, -0.2) is 30.4 Å². The summed E-state index contributed by atoms with van der Waals surface area (Å²) in [6.07, 6.45) is 7.81. The molecule has 0 aromatic heterocycles. The SMILES string of the molecule is C=CCCCN(C)C(=O)C1CCC(N)CC1. The molecular weight excluding hydrogens is 200 g/mol. The van der Waals surface area contributed by atoms with Crippen molar-refractivity contribution in [3.63, 3.8) is 0 Å². The molecule has 0 spiro atoms. The highest BCUT2D eigenvalue weighted by Crippen LogP contribution is 2.24. The van der Waals surface area contributed by atoms with Crippen molar-refractivity contribution in [1.29, 1.82) is 0 Å². The predicted octanol–water partition coefficient (Wildman–Crippen LogP) is 1.93. The van der Waals surface area contributed by atoms with E-state index in [4.69, 9.17) is 5.73 Å². The summed E-state index contributed by atoms with van der Waals surface area (Å²) in [5.41, 5.74) is 5.84. The van der Waals surface area contributed by atoms with Gasteiger partial charge in [0.1, 0.15) is 0 Å². The number of nitrogens with two attached hydrogens (primary N) is 1. The molecule has 92 valence electrons. The van der Waals surface area contributed by atoms with Gasteiger partial charge < -0.3 is 10.6 Å². The first-order valence-corrected chi connectivity index (χ1v) is 6.26. The fraction of sp³-hybridized carbons (Fsp3) is 0.769. The molecule has 0 bridgehead atoms. The van der Waals surface area contributed by atoms with E-state index >= 15 is 0 Å². The summed E-state index contributed by atoms with van der Waals surface area (Å²) < 4.78 is 0. The van der Waals surface area contributed by atoms with Gasteiger partial charge in [0.2, 0.25) is 5.91 Å². The lowest BCUT2D eigenvalue weighted by atomic mass is 9.85. The topological polar surface area (TPSA) is 46.3 Å². The van der Waals surface area contributed by atoms with E-state index in [0.29, 0.717) is 11.9 Å². The highest BCUT2D eigenvalue weighted by Gasteiger charge is 2.26. The summed E-state index contributed by atoms with van der Waals surface area (Å²) in [7, 11) is 1.90. The Morgan fingerprint density at radius 3 is 2.62 bits per heavy atom. The largest absolute Gasteiger partial charge is 0.346 e. The minimum atomic E-state index is 0.216. The van der Waals surface area contributed by atoms with Gasteiger partial charge in [-0.1, -0.05) is 6.08 Å². The number of allylic oxidation sites excluding steroid dienone is 1. The van der Waals surface area contributed by atoms with Crippen molar-refractivity contribution in [2.45, 2.75) is 44.6 Å². The van der Waals surface area contributed by atoms with Gasteiger partial charge in [0, 0.05) is 25.6 Å². The average Bonchev–Trinajstić information content (AvgIpc) is 2.29. The number of nitrogens with zero attached hydrogens (tertiary/aromatic N) is 1. The van der Waals surface area contributed by atoms with Crippen molar-refractivity contribution in [2.24, 2.45) is 11.7 Å². The zero-order valence-electron chi connectivity index (χ0n) is 10.3. The van der Waals surface area contributed by atoms with E-state index in [1.807, 2.05) is 18.0 Å². The molecule has 1 amide bonds. The highest BCUT2D eigenvalue weighted by atomic mass is 16.2. The average molecular weight is 224 g/mol. The fourth-order valence-electron chi connectivity index (χ4n) is 2.26. The monoisotopic (exact) mass is 224 g/mol. The third-order valence-electron chi connectivity index (χ3n) is 3.40. The Labute approximate surface area is 98.7 Å². The maximum absolute atomic E-state index is 12.1. The molecule has 1 rings (SSSR count). The van der Waals surface area contributed by atoms with Gasteiger partial charge in [0.25, 0.3) is 0 Å². The van der Waals surface area contributed by atoms with Crippen LogP contribution in [0.25, 0.3) is 0 Å². The Hall–Kier alpha value is -0.830. The van der Waals surface area contributed by atoms with Crippen LogP contribution in [0.15, 0.2) is 12.7 Å². The molecule has 16 heavy (non-hydrogen) atoms. The Balaban J connectivity index is 2.29. The van der Waals surface area contributed by atoms with E-state index in [0.717, 1.165) is 45.1 Å². The summed E-state index contributed by atoms with van der Waals surface area (Å²) >= 11 is 0. The van der Waals surface area contributed by atoms with Gasteiger partial charge >= 0.3 is 0 Å². The fourth-order valence-corrected chi connectivity index (χ4v) is 2.26. The van der Waals surface area contributed by atoms with Crippen molar-refractivity contribution >= 4 is 5.91 Å². The van der Waals surface area contributed by atoms with Crippen LogP contribution in [0, 0.1) is 5.92 Å². The van der Waals surface area contributed by atoms with Crippen LogP contribution < -0.4 is 5.73 Å². The van der Waals surface area contributed by atoms with Crippen molar-refractivity contribution in [3.05, 3.63) is 12.7 Å². The van der Waals surface area contributed by atoms with Crippen LogP contribution >= 0.6 is 0 Å². The number of unbranched alkanes of at least 4 members (excludes halogenated alkanes) is 1. The zero-order chi connectivity index (χ0) is 12.0. The summed E-state index contributed by atoms with van der Waals surface area (Å²) in [6.45, 7) is 4.52. The van der Waals surface area contributed by atoms with Crippen molar-refractivity contribution in [2.75, 3.05) is 13.6 Å². The molecule has 3 heteroatoms. The maximum atomic E-state index is 12.1. The molecule has 0 unspecified atom stereocenters. The van der Waals surface area contributed by atoms with Crippen LogP contribution in [0.3, 0.4) is 0 Å². The lowest BCUT2D eigenvalue weighted by Gasteiger charge is -2.28. The summed E-state index contributed by atoms with van der Waals surface area (Å²) in [5, 5.41) is 0. The molecule has 0 saturated heterocycles. The maximum Gasteiger partial charge on any atom is 0.225 e. The number of carbonyl (C=O) groups excluding carboxylic acids is 1. The van der Waals surface area contributed by atoms with Crippen LogP contribution in [0.1, 0.15) is 38.5 Å². The Kier molecular flexibility index (Phi) is 5.53. The number of carbonyl (C=O) groups is 1. The Bertz CT molecular complexity index is 232. The first-order valence-electron chi connectivity index (χ1n) is 6.26. The van der Waals surface area contributed by atoms with Gasteiger partial charge in [-0.05, 0) is 38.5 Å². The lowest BCUT2D eigenvalue weighted by molar-refractivity contribution is -0.135. The summed E-state index contributed by atoms with van der Waals surface area (Å²) in [6, 6.07) is 0.315. The molecule has 0 heterocycles. The smallest absolute Gasteiger partial charge is 0.225 e. The third-order valence-corrected chi connectivity index (χ3v) is 3.40. The minimum Gasteiger partial charge on any atom is -0.346 e. The Morgan fingerprint density at radius 1 is 1.44 bits per heavy atom. The van der Waals surface area contributed by atoms with Gasteiger partial charge in [-0.15, -0.1) is 6.58 Å². The second kappa shape index (κ2) is 6.69. The van der Waals surface area contributed by atoms with Crippen LogP contribution in [-0.2, 0) is 4.79 Å². The van der Waals surface area contributed by atoms with Crippen molar-refractivity contribution in [3.8, 4) is 0 Å². The van der Waals surface area contributed by atoms with Crippen molar-refractivity contribution in [1.82, 2.24) is 4.90 Å². The summed E-state index contributed by atoms with van der Waals surface area (Å²) in [5.74, 6) is 0.518. The molecule has 1 saturated carbocycles. The predicted molar refractivity (Wildman–Crippen MR) is 67.0 cm³/mol. The third kappa shape index (κ3) is 3.97. The number of hydrogen-bond donors (Lipinski definition) is 1. The van der Waals surface area contributed by atoms with Crippen LogP contribution in [0.5, 0.6) is 0 Å². The molecule has 1 aliphatic carbocycles. The van der Waals surface area contributed by atoms with E-state index in [-0.39, 0.29) is 5.92 Å². The van der Waals surface area contributed by atoms with Crippen LogP contribution in [0.4, 0.5) is 0 Å². The van der Waals surface area contributed by atoms with Crippen molar-refractivity contribution < 1.29 is 4.79 Å². The van der Waals surface area contributed by atoms with Crippen LogP contribution in [0.2, 0.25) is 0 Å². The zero-order valence-corrected chi connectivity index (χ0v) is 10.3. The van der Waals surface area contributed by atoms with Gasteiger partial charge in [-0.25, -0.2) is 0 Å². The molecule has 0 aromatic carbocycles. The van der Waals surface area contributed by atoms with Gasteiger partial charge in [-0.2, -0.15) is 0 Å². The molecule has 0 aliphatic heterocycles. The van der Waals surface area contributed by atoms with E-state index in [9.17, 15) is 4.79 Å². The standard InChI is InChI=1S/C13H24N2O/c1-3-4-5-10-15(2)13(16)11-6-8-12(14)9-7-11/h3,11-12H,1,4-10,14H2,2H3. The molecule has 3 nitrogen and oxygen atoms in total. The number of hydrogen-bond acceptors (Lipinski definition) is 2. The first-order chi connectivity index (χ1) is 7.65. The summed E-state index contributed by atoms with van der Waals surface area (Å²) in [4.78, 5) is 13.9. The highest BCUT2D eigenvalue weighted by molar-refractivity contribution is 5.78. The van der Waals surface area contributed by atoms with Gasteiger partial charge in [0.15, 0.2) is 0 Å². The first kappa shape index (κ1) is 13.2. The number of amides is 1. The molecule has 0 aromatic rings. The quantitative estimate of drug-likeness (QED) is 0.573. The normalized spacial score (nSPS) is 25.1. The molecular formula is C13H24N2O. The molecule has 0 radical (unpaired) electrons. The van der Waals surface area contributed by atoms with E-state index in [1.165, 1.54) is 0 Å². The van der Waals surface area contributed by atoms with Gasteiger partial charge in [-0.3, -0.25) is 4.79 Å². The van der Waals surface area contributed by atoms with E-state index in [1.54, 1.807) is 0 Å². The molecule has 2 N–H and O–H groups in total. The molecule has 1 aliphatic rings. The van der Waals surface area contributed by atoms with E-state index < -0.39 is 0 Å². The second-order valence-electron chi connectivity index (χ2n) is 4.80. The molecule has 0 atom stereocenters. The lowest BCUT2D eigenvalue weighted by Crippen LogP contribution is -2.37. The second-order valence-corrected chi connectivity index (χ2v) is 4.80. The minimum absolute atomic E-state index is 0.216.